The SMILES string of the molecule is O=S(=O)(NCc1cccc(O)c1)c1cccc(Cl)c1. The van der Waals surface area contributed by atoms with E-state index in [9.17, 15) is 13.5 Å². The lowest BCUT2D eigenvalue weighted by atomic mass is 10.2. The van der Waals surface area contributed by atoms with Crippen LogP contribution in [-0.4, -0.2) is 13.5 Å². The minimum atomic E-state index is -3.61. The van der Waals surface area contributed by atoms with Gasteiger partial charge in [-0.1, -0.05) is 29.8 Å². The van der Waals surface area contributed by atoms with Crippen molar-refractivity contribution in [1.82, 2.24) is 4.72 Å². The fraction of sp³-hybridized carbons (Fsp3) is 0.0769. The summed E-state index contributed by atoms with van der Waals surface area (Å²) in [6.07, 6.45) is 0. The molecule has 0 aliphatic heterocycles. The van der Waals surface area contributed by atoms with E-state index < -0.39 is 10.0 Å². The van der Waals surface area contributed by atoms with Gasteiger partial charge in [0.1, 0.15) is 5.75 Å². The number of rotatable bonds is 4. The molecule has 2 aromatic carbocycles. The highest BCUT2D eigenvalue weighted by atomic mass is 35.5. The van der Waals surface area contributed by atoms with Crippen LogP contribution in [0.25, 0.3) is 0 Å². The van der Waals surface area contributed by atoms with Gasteiger partial charge in [-0.3, -0.25) is 0 Å². The number of phenols is 1. The van der Waals surface area contributed by atoms with Gasteiger partial charge in [0, 0.05) is 11.6 Å². The van der Waals surface area contributed by atoms with Gasteiger partial charge in [-0.2, -0.15) is 0 Å². The first-order valence-corrected chi connectivity index (χ1v) is 7.37. The number of aromatic hydroxyl groups is 1. The van der Waals surface area contributed by atoms with Crippen LogP contribution in [0.3, 0.4) is 0 Å². The van der Waals surface area contributed by atoms with E-state index in [4.69, 9.17) is 11.6 Å². The van der Waals surface area contributed by atoms with Crippen LogP contribution in [0.5, 0.6) is 5.75 Å². The third-order valence-corrected chi connectivity index (χ3v) is 4.12. The van der Waals surface area contributed by atoms with Crippen LogP contribution >= 0.6 is 11.6 Å². The minimum absolute atomic E-state index is 0.0967. The number of nitrogens with one attached hydrogen (secondary N) is 1. The highest BCUT2D eigenvalue weighted by molar-refractivity contribution is 7.89. The van der Waals surface area contributed by atoms with Gasteiger partial charge in [0.15, 0.2) is 0 Å². The van der Waals surface area contributed by atoms with Gasteiger partial charge in [-0.05, 0) is 35.9 Å². The van der Waals surface area contributed by atoms with E-state index in [1.807, 2.05) is 0 Å². The largest absolute Gasteiger partial charge is 0.508 e. The molecule has 0 radical (unpaired) electrons. The Morgan fingerprint density at radius 2 is 1.84 bits per heavy atom. The molecule has 0 spiro atoms. The van der Waals surface area contributed by atoms with Gasteiger partial charge >= 0.3 is 0 Å². The molecule has 4 nitrogen and oxygen atoms in total. The number of phenolic OH excluding ortho intramolecular Hbond substituents is 1. The summed E-state index contributed by atoms with van der Waals surface area (Å²) in [5, 5.41) is 9.66. The summed E-state index contributed by atoms with van der Waals surface area (Å²) < 4.78 is 26.5. The Balaban J connectivity index is 2.14. The predicted molar refractivity (Wildman–Crippen MR) is 73.6 cm³/mol. The summed E-state index contributed by atoms with van der Waals surface area (Å²) in [6, 6.07) is 12.4. The van der Waals surface area contributed by atoms with E-state index in [0.29, 0.717) is 10.6 Å². The molecule has 6 heteroatoms. The molecule has 0 unspecified atom stereocenters. The van der Waals surface area contributed by atoms with Crippen LogP contribution < -0.4 is 4.72 Å². The molecule has 0 saturated carbocycles. The summed E-state index contributed by atoms with van der Waals surface area (Å²) in [5.74, 6) is 0.0967. The van der Waals surface area contributed by atoms with Crippen LogP contribution in [0, 0.1) is 0 Å². The van der Waals surface area contributed by atoms with E-state index in [2.05, 4.69) is 4.72 Å². The molecule has 0 atom stereocenters. The Hall–Kier alpha value is -1.56. The predicted octanol–water partition coefficient (Wildman–Crippen LogP) is 2.52. The van der Waals surface area contributed by atoms with Crippen LogP contribution in [0.4, 0.5) is 0 Å². The topological polar surface area (TPSA) is 66.4 Å². The number of hydrogen-bond donors (Lipinski definition) is 2. The van der Waals surface area contributed by atoms with Crippen molar-refractivity contribution in [2.45, 2.75) is 11.4 Å². The van der Waals surface area contributed by atoms with Gasteiger partial charge in [0.25, 0.3) is 0 Å². The molecule has 2 rings (SSSR count). The summed E-state index contributed by atoms with van der Waals surface area (Å²) in [4.78, 5) is 0.111. The van der Waals surface area contributed by atoms with Crippen molar-refractivity contribution in [1.29, 1.82) is 0 Å². The number of sulfonamides is 1. The van der Waals surface area contributed by atoms with Gasteiger partial charge in [0.2, 0.25) is 10.0 Å². The normalized spacial score (nSPS) is 11.4. The van der Waals surface area contributed by atoms with Crippen LogP contribution in [0.15, 0.2) is 53.4 Å². The van der Waals surface area contributed by atoms with Crippen LogP contribution in [-0.2, 0) is 16.6 Å². The molecule has 2 aromatic rings. The molecule has 0 fully saturated rings. The van der Waals surface area contributed by atoms with Gasteiger partial charge in [0.05, 0.1) is 4.90 Å². The zero-order valence-electron chi connectivity index (χ0n) is 9.88. The zero-order chi connectivity index (χ0) is 13.9. The first-order chi connectivity index (χ1) is 8.97. The average molecular weight is 298 g/mol. The second-order valence-corrected chi connectivity index (χ2v) is 6.16. The Morgan fingerprint density at radius 1 is 1.11 bits per heavy atom. The van der Waals surface area contributed by atoms with E-state index >= 15 is 0 Å². The Kier molecular flexibility index (Phi) is 4.09. The lowest BCUT2D eigenvalue weighted by Gasteiger charge is -2.07. The van der Waals surface area contributed by atoms with Crippen molar-refractivity contribution >= 4 is 21.6 Å². The smallest absolute Gasteiger partial charge is 0.240 e. The van der Waals surface area contributed by atoms with E-state index in [-0.39, 0.29) is 17.2 Å². The van der Waals surface area contributed by atoms with Gasteiger partial charge in [-0.25, -0.2) is 13.1 Å². The van der Waals surface area contributed by atoms with E-state index in [1.54, 1.807) is 24.3 Å². The van der Waals surface area contributed by atoms with Crippen molar-refractivity contribution in [3.63, 3.8) is 0 Å². The molecule has 100 valence electrons. The maximum Gasteiger partial charge on any atom is 0.240 e. The molecule has 0 amide bonds. The first kappa shape index (κ1) is 13.9. The van der Waals surface area contributed by atoms with Crippen LogP contribution in [0.2, 0.25) is 5.02 Å². The maximum atomic E-state index is 12.0. The van der Waals surface area contributed by atoms with Crippen LogP contribution in [0.1, 0.15) is 5.56 Å². The quantitative estimate of drug-likeness (QED) is 0.911. The molecular formula is C13H12ClNO3S. The number of hydrogen-bond acceptors (Lipinski definition) is 3. The lowest BCUT2D eigenvalue weighted by molar-refractivity contribution is 0.474. The summed E-state index contributed by atoms with van der Waals surface area (Å²) in [7, 11) is -3.61. The van der Waals surface area contributed by atoms with Crippen molar-refractivity contribution in [2.75, 3.05) is 0 Å². The van der Waals surface area contributed by atoms with Crippen molar-refractivity contribution in [3.05, 3.63) is 59.1 Å². The standard InChI is InChI=1S/C13H12ClNO3S/c14-11-4-2-6-13(8-11)19(17,18)15-9-10-3-1-5-12(16)7-10/h1-8,15-16H,9H2. The van der Waals surface area contributed by atoms with E-state index in [0.717, 1.165) is 0 Å². The average Bonchev–Trinajstić information content (AvgIpc) is 2.37. The van der Waals surface area contributed by atoms with E-state index in [1.165, 1.54) is 24.3 Å². The van der Waals surface area contributed by atoms with Crippen molar-refractivity contribution < 1.29 is 13.5 Å². The summed E-state index contributed by atoms with van der Waals surface area (Å²) in [5.41, 5.74) is 0.672. The van der Waals surface area contributed by atoms with Crippen molar-refractivity contribution in [2.24, 2.45) is 0 Å². The van der Waals surface area contributed by atoms with Crippen molar-refractivity contribution in [3.8, 4) is 5.75 Å². The molecule has 0 heterocycles. The molecular weight excluding hydrogens is 286 g/mol. The second kappa shape index (κ2) is 5.61. The highest BCUT2D eigenvalue weighted by Gasteiger charge is 2.13. The second-order valence-electron chi connectivity index (χ2n) is 3.95. The maximum absolute atomic E-state index is 12.0. The highest BCUT2D eigenvalue weighted by Crippen LogP contribution is 2.16. The molecule has 0 aromatic heterocycles. The summed E-state index contributed by atoms with van der Waals surface area (Å²) in [6.45, 7) is 0.100. The van der Waals surface area contributed by atoms with Gasteiger partial charge in [-0.15, -0.1) is 0 Å². The first-order valence-electron chi connectivity index (χ1n) is 5.50. The molecule has 0 saturated heterocycles. The molecule has 2 N–H and O–H groups in total. The third-order valence-electron chi connectivity index (χ3n) is 2.48. The molecule has 0 bridgehead atoms. The molecule has 19 heavy (non-hydrogen) atoms. The number of halogens is 1. The Labute approximate surface area is 116 Å². The third kappa shape index (κ3) is 3.70. The fourth-order valence-electron chi connectivity index (χ4n) is 1.56. The Morgan fingerprint density at radius 3 is 2.53 bits per heavy atom. The Bertz CT molecular complexity index is 686. The monoisotopic (exact) mass is 297 g/mol. The molecule has 0 aliphatic rings. The number of benzene rings is 2. The zero-order valence-corrected chi connectivity index (χ0v) is 11.4. The summed E-state index contributed by atoms with van der Waals surface area (Å²) >= 11 is 5.76. The fourth-order valence-corrected chi connectivity index (χ4v) is 2.88. The lowest BCUT2D eigenvalue weighted by Crippen LogP contribution is -2.23. The molecule has 0 aliphatic carbocycles. The minimum Gasteiger partial charge on any atom is -0.508 e. The van der Waals surface area contributed by atoms with Gasteiger partial charge < -0.3 is 5.11 Å².